The second-order valence-corrected chi connectivity index (χ2v) is 5.89. The standard InChI is InChI=1S/C19H21NO5/c1-23-16-5-2-14(3-6-16)11-20(9-8-19(21)22)12-15-4-7-17-18(10-15)25-13-24-17/h2-7,10H,8-9,11-13H2,1H3,(H,21,22). The summed E-state index contributed by atoms with van der Waals surface area (Å²) in [4.78, 5) is 13.1. The number of carboxylic acids is 1. The van der Waals surface area contributed by atoms with Crippen LogP contribution in [0.15, 0.2) is 42.5 Å². The van der Waals surface area contributed by atoms with Crippen molar-refractivity contribution >= 4 is 5.97 Å². The normalized spacial score (nSPS) is 12.4. The number of hydrogen-bond acceptors (Lipinski definition) is 5. The van der Waals surface area contributed by atoms with E-state index in [0.29, 0.717) is 19.6 Å². The summed E-state index contributed by atoms with van der Waals surface area (Å²) in [5, 5.41) is 9.01. The van der Waals surface area contributed by atoms with Gasteiger partial charge in [0.15, 0.2) is 11.5 Å². The summed E-state index contributed by atoms with van der Waals surface area (Å²) in [6, 6.07) is 13.6. The van der Waals surface area contributed by atoms with E-state index in [0.717, 1.165) is 28.4 Å². The summed E-state index contributed by atoms with van der Waals surface area (Å²) in [7, 11) is 1.63. The summed E-state index contributed by atoms with van der Waals surface area (Å²) in [6.07, 6.45) is 0.0979. The highest BCUT2D eigenvalue weighted by molar-refractivity contribution is 5.66. The Morgan fingerprint density at radius 1 is 1.08 bits per heavy atom. The van der Waals surface area contributed by atoms with Gasteiger partial charge in [-0.3, -0.25) is 9.69 Å². The number of ether oxygens (including phenoxy) is 3. The molecule has 2 aromatic carbocycles. The zero-order chi connectivity index (χ0) is 17.6. The van der Waals surface area contributed by atoms with E-state index in [2.05, 4.69) is 4.90 Å². The Hall–Kier alpha value is -2.73. The Morgan fingerprint density at radius 3 is 2.48 bits per heavy atom. The lowest BCUT2D eigenvalue weighted by Gasteiger charge is -2.22. The number of aliphatic carboxylic acids is 1. The highest BCUT2D eigenvalue weighted by Crippen LogP contribution is 2.33. The van der Waals surface area contributed by atoms with Gasteiger partial charge in [0.1, 0.15) is 5.75 Å². The molecule has 25 heavy (non-hydrogen) atoms. The third-order valence-corrected chi connectivity index (χ3v) is 4.05. The number of carbonyl (C=O) groups is 1. The molecule has 2 aromatic rings. The lowest BCUT2D eigenvalue weighted by molar-refractivity contribution is -0.137. The Kier molecular flexibility index (Phi) is 5.40. The first-order valence-electron chi connectivity index (χ1n) is 8.09. The Balaban J connectivity index is 1.70. The fourth-order valence-electron chi connectivity index (χ4n) is 2.75. The van der Waals surface area contributed by atoms with Crippen LogP contribution in [0.3, 0.4) is 0 Å². The van der Waals surface area contributed by atoms with E-state index in [4.69, 9.17) is 19.3 Å². The second-order valence-electron chi connectivity index (χ2n) is 5.89. The van der Waals surface area contributed by atoms with Crippen molar-refractivity contribution in [3.05, 3.63) is 53.6 Å². The molecule has 1 aliphatic rings. The van der Waals surface area contributed by atoms with Gasteiger partial charge in [-0.25, -0.2) is 0 Å². The van der Waals surface area contributed by atoms with Crippen LogP contribution in [-0.2, 0) is 17.9 Å². The number of benzene rings is 2. The molecule has 1 heterocycles. The topological polar surface area (TPSA) is 68.2 Å². The summed E-state index contributed by atoms with van der Waals surface area (Å²) in [6.45, 7) is 2.00. The van der Waals surface area contributed by atoms with E-state index in [-0.39, 0.29) is 13.2 Å². The van der Waals surface area contributed by atoms with E-state index in [1.807, 2.05) is 42.5 Å². The maximum absolute atomic E-state index is 11.0. The highest BCUT2D eigenvalue weighted by Gasteiger charge is 2.15. The Labute approximate surface area is 146 Å². The van der Waals surface area contributed by atoms with Crippen molar-refractivity contribution in [2.45, 2.75) is 19.5 Å². The first kappa shape index (κ1) is 17.1. The molecule has 3 rings (SSSR count). The van der Waals surface area contributed by atoms with Crippen LogP contribution < -0.4 is 14.2 Å². The van der Waals surface area contributed by atoms with Crippen LogP contribution in [-0.4, -0.2) is 36.4 Å². The van der Waals surface area contributed by atoms with E-state index in [1.165, 1.54) is 0 Å². The van der Waals surface area contributed by atoms with E-state index >= 15 is 0 Å². The van der Waals surface area contributed by atoms with Gasteiger partial charge in [0.05, 0.1) is 13.5 Å². The second kappa shape index (κ2) is 7.90. The SMILES string of the molecule is COc1ccc(CN(CCC(=O)O)Cc2ccc3c(c2)OCO3)cc1. The van der Waals surface area contributed by atoms with Gasteiger partial charge >= 0.3 is 5.97 Å². The third-order valence-electron chi connectivity index (χ3n) is 4.05. The van der Waals surface area contributed by atoms with E-state index < -0.39 is 5.97 Å². The van der Waals surface area contributed by atoms with Crippen LogP contribution in [0, 0.1) is 0 Å². The van der Waals surface area contributed by atoms with Crippen molar-refractivity contribution < 1.29 is 24.1 Å². The van der Waals surface area contributed by atoms with E-state index in [9.17, 15) is 4.79 Å². The number of carboxylic acid groups (broad SMARTS) is 1. The summed E-state index contributed by atoms with van der Waals surface area (Å²) in [5.74, 6) is 1.48. The minimum Gasteiger partial charge on any atom is -0.497 e. The predicted octanol–water partition coefficient (Wildman–Crippen LogP) is 2.90. The molecule has 1 N–H and O–H groups in total. The van der Waals surface area contributed by atoms with Gasteiger partial charge in [-0.15, -0.1) is 0 Å². The van der Waals surface area contributed by atoms with Crippen molar-refractivity contribution in [2.75, 3.05) is 20.4 Å². The van der Waals surface area contributed by atoms with Crippen molar-refractivity contribution in [3.63, 3.8) is 0 Å². The molecule has 0 unspecified atom stereocenters. The molecule has 6 nitrogen and oxygen atoms in total. The molecule has 0 bridgehead atoms. The predicted molar refractivity (Wildman–Crippen MR) is 91.9 cm³/mol. The summed E-state index contributed by atoms with van der Waals surface area (Å²) in [5.41, 5.74) is 2.16. The number of nitrogens with zero attached hydrogens (tertiary/aromatic N) is 1. The Bertz CT molecular complexity index is 729. The van der Waals surface area contributed by atoms with Crippen LogP contribution in [0.25, 0.3) is 0 Å². The van der Waals surface area contributed by atoms with Gasteiger partial charge in [0.25, 0.3) is 0 Å². The van der Waals surface area contributed by atoms with Gasteiger partial charge in [0.2, 0.25) is 6.79 Å². The fourth-order valence-corrected chi connectivity index (χ4v) is 2.75. The van der Waals surface area contributed by atoms with Crippen molar-refractivity contribution in [1.29, 1.82) is 0 Å². The molecule has 0 aliphatic carbocycles. The molecule has 0 saturated carbocycles. The maximum atomic E-state index is 11.0. The molecule has 0 spiro atoms. The Morgan fingerprint density at radius 2 is 1.76 bits per heavy atom. The summed E-state index contributed by atoms with van der Waals surface area (Å²) >= 11 is 0. The van der Waals surface area contributed by atoms with Gasteiger partial charge in [-0.05, 0) is 35.4 Å². The molecule has 0 radical (unpaired) electrons. The quantitative estimate of drug-likeness (QED) is 0.795. The van der Waals surface area contributed by atoms with Gasteiger partial charge in [-0.2, -0.15) is 0 Å². The first-order chi connectivity index (χ1) is 12.1. The van der Waals surface area contributed by atoms with Crippen LogP contribution in [0.2, 0.25) is 0 Å². The lowest BCUT2D eigenvalue weighted by atomic mass is 10.1. The molecule has 0 atom stereocenters. The number of rotatable bonds is 8. The lowest BCUT2D eigenvalue weighted by Crippen LogP contribution is -2.25. The fraction of sp³-hybridized carbons (Fsp3) is 0.316. The van der Waals surface area contributed by atoms with Gasteiger partial charge in [-0.1, -0.05) is 18.2 Å². The smallest absolute Gasteiger partial charge is 0.304 e. The minimum atomic E-state index is -0.801. The molecule has 6 heteroatoms. The van der Waals surface area contributed by atoms with Crippen LogP contribution in [0.5, 0.6) is 17.2 Å². The average Bonchev–Trinajstić information content (AvgIpc) is 3.08. The number of methoxy groups -OCH3 is 1. The van der Waals surface area contributed by atoms with Crippen molar-refractivity contribution in [1.82, 2.24) is 4.90 Å². The first-order valence-corrected chi connectivity index (χ1v) is 8.09. The molecular weight excluding hydrogens is 322 g/mol. The van der Waals surface area contributed by atoms with Crippen LogP contribution >= 0.6 is 0 Å². The molecule has 1 aliphatic heterocycles. The van der Waals surface area contributed by atoms with Crippen LogP contribution in [0.4, 0.5) is 0 Å². The molecule has 132 valence electrons. The zero-order valence-corrected chi connectivity index (χ0v) is 14.1. The van der Waals surface area contributed by atoms with Crippen molar-refractivity contribution in [2.24, 2.45) is 0 Å². The van der Waals surface area contributed by atoms with E-state index in [1.54, 1.807) is 7.11 Å². The minimum absolute atomic E-state index is 0.0979. The average molecular weight is 343 g/mol. The summed E-state index contributed by atoms with van der Waals surface area (Å²) < 4.78 is 15.9. The largest absolute Gasteiger partial charge is 0.497 e. The maximum Gasteiger partial charge on any atom is 0.304 e. The highest BCUT2D eigenvalue weighted by atomic mass is 16.7. The van der Waals surface area contributed by atoms with Gasteiger partial charge in [0, 0.05) is 19.6 Å². The van der Waals surface area contributed by atoms with Gasteiger partial charge < -0.3 is 19.3 Å². The number of fused-ring (bicyclic) bond motifs is 1. The molecule has 0 fully saturated rings. The number of hydrogen-bond donors (Lipinski definition) is 1. The molecule has 0 amide bonds. The third kappa shape index (κ3) is 4.64. The molecular formula is C19H21NO5. The van der Waals surface area contributed by atoms with Crippen molar-refractivity contribution in [3.8, 4) is 17.2 Å². The monoisotopic (exact) mass is 343 g/mol. The van der Waals surface area contributed by atoms with Crippen LogP contribution in [0.1, 0.15) is 17.5 Å². The molecule has 0 aromatic heterocycles. The molecule has 0 saturated heterocycles. The zero-order valence-electron chi connectivity index (χ0n) is 14.1.